The molecule has 2 rings (SSSR count). The number of nitrogens with zero attached hydrogens (tertiary/aromatic N) is 2. The Labute approximate surface area is 120 Å². The average Bonchev–Trinajstić information content (AvgIpc) is 2.89. The minimum absolute atomic E-state index is 0.00804. The Morgan fingerprint density at radius 2 is 1.86 bits per heavy atom. The molecule has 0 fully saturated rings. The number of carbonyl (C=O) groups excluding carboxylic acids is 2. The van der Waals surface area contributed by atoms with E-state index in [4.69, 9.17) is 14.2 Å². The van der Waals surface area contributed by atoms with Crippen LogP contribution in [0.1, 0.15) is 24.3 Å². The fourth-order valence-corrected chi connectivity index (χ4v) is 1.48. The van der Waals surface area contributed by atoms with Crippen molar-refractivity contribution < 1.29 is 23.8 Å². The molecule has 0 aliphatic heterocycles. The first-order chi connectivity index (χ1) is 10.1. The lowest BCUT2D eigenvalue weighted by molar-refractivity contribution is -0.131. The number of H-pyrrole nitrogens is 1. The summed E-state index contributed by atoms with van der Waals surface area (Å²) in [4.78, 5) is 22.4. The molecule has 0 aliphatic rings. The van der Waals surface area contributed by atoms with Crippen LogP contribution in [0.2, 0.25) is 0 Å². The maximum atomic E-state index is 11.6. The molecule has 0 radical (unpaired) electrons. The summed E-state index contributed by atoms with van der Waals surface area (Å²) in [5.74, 6) is -0.210. The molecule has 1 aromatic carbocycles. The van der Waals surface area contributed by atoms with Gasteiger partial charge in [0.25, 0.3) is 5.88 Å². The van der Waals surface area contributed by atoms with Crippen LogP contribution in [-0.4, -0.2) is 34.0 Å². The fraction of sp³-hybridized carbons (Fsp3) is 0.231. The SMILES string of the molecule is CCOC(=O)c1[nH]nnc1Oc1ccc(OC(C)=O)cc1. The first-order valence-electron chi connectivity index (χ1n) is 6.14. The largest absolute Gasteiger partial charge is 0.461 e. The number of aromatic nitrogens is 3. The van der Waals surface area contributed by atoms with Crippen molar-refractivity contribution in [3.8, 4) is 17.4 Å². The number of hydrogen-bond acceptors (Lipinski definition) is 7. The van der Waals surface area contributed by atoms with E-state index >= 15 is 0 Å². The van der Waals surface area contributed by atoms with Crippen LogP contribution in [0.4, 0.5) is 0 Å². The molecule has 0 unspecified atom stereocenters. The van der Waals surface area contributed by atoms with E-state index in [0.29, 0.717) is 11.5 Å². The predicted molar refractivity (Wildman–Crippen MR) is 70.2 cm³/mol. The molecule has 0 bridgehead atoms. The standard InChI is InChI=1S/C13H13N3O5/c1-3-19-13(18)11-12(15-16-14-11)21-10-6-4-9(5-7-10)20-8(2)17/h4-7H,3H2,1-2H3,(H,14,15,16). The van der Waals surface area contributed by atoms with Crippen molar-refractivity contribution in [2.45, 2.75) is 13.8 Å². The Morgan fingerprint density at radius 3 is 2.48 bits per heavy atom. The molecule has 0 spiro atoms. The third-order valence-electron chi connectivity index (χ3n) is 2.30. The summed E-state index contributed by atoms with van der Waals surface area (Å²) in [6, 6.07) is 6.26. The minimum atomic E-state index is -0.603. The van der Waals surface area contributed by atoms with Gasteiger partial charge in [-0.2, -0.15) is 0 Å². The van der Waals surface area contributed by atoms with Crippen LogP contribution in [-0.2, 0) is 9.53 Å². The van der Waals surface area contributed by atoms with E-state index in [0.717, 1.165) is 0 Å². The van der Waals surface area contributed by atoms with Gasteiger partial charge in [0, 0.05) is 6.92 Å². The van der Waals surface area contributed by atoms with Crippen molar-refractivity contribution in [2.75, 3.05) is 6.61 Å². The van der Waals surface area contributed by atoms with Crippen LogP contribution < -0.4 is 9.47 Å². The van der Waals surface area contributed by atoms with Crippen LogP contribution in [0.3, 0.4) is 0 Å². The smallest absolute Gasteiger partial charge is 0.362 e. The van der Waals surface area contributed by atoms with E-state index in [-0.39, 0.29) is 18.2 Å². The molecule has 0 aliphatic carbocycles. The molecule has 0 saturated carbocycles. The second kappa shape index (κ2) is 6.51. The number of hydrogen-bond donors (Lipinski definition) is 1. The van der Waals surface area contributed by atoms with Crippen molar-refractivity contribution >= 4 is 11.9 Å². The van der Waals surface area contributed by atoms with Gasteiger partial charge in [0.2, 0.25) is 5.69 Å². The predicted octanol–water partition coefficient (Wildman–Crippen LogP) is 1.70. The summed E-state index contributed by atoms with van der Waals surface area (Å²) >= 11 is 0. The normalized spacial score (nSPS) is 10.0. The summed E-state index contributed by atoms with van der Waals surface area (Å²) in [5.41, 5.74) is 0.0286. The first kappa shape index (κ1) is 14.5. The van der Waals surface area contributed by atoms with Gasteiger partial charge in [-0.3, -0.25) is 4.79 Å². The quantitative estimate of drug-likeness (QED) is 0.660. The van der Waals surface area contributed by atoms with Crippen molar-refractivity contribution in [2.24, 2.45) is 0 Å². The summed E-state index contributed by atoms with van der Waals surface area (Å²) in [6.07, 6.45) is 0. The molecule has 0 amide bonds. The highest BCUT2D eigenvalue weighted by molar-refractivity contribution is 5.89. The van der Waals surface area contributed by atoms with Gasteiger partial charge in [0.15, 0.2) is 0 Å². The fourth-order valence-electron chi connectivity index (χ4n) is 1.48. The Kier molecular flexibility index (Phi) is 4.50. The monoisotopic (exact) mass is 291 g/mol. The highest BCUT2D eigenvalue weighted by Gasteiger charge is 2.18. The molecule has 0 atom stereocenters. The van der Waals surface area contributed by atoms with Gasteiger partial charge in [-0.15, -0.1) is 0 Å². The van der Waals surface area contributed by atoms with Crippen molar-refractivity contribution in [1.82, 2.24) is 15.4 Å². The van der Waals surface area contributed by atoms with E-state index in [1.165, 1.54) is 6.92 Å². The lowest BCUT2D eigenvalue weighted by Gasteiger charge is -2.05. The number of nitrogens with one attached hydrogen (secondary N) is 1. The maximum absolute atomic E-state index is 11.6. The molecular formula is C13H13N3O5. The molecule has 0 saturated heterocycles. The van der Waals surface area contributed by atoms with Crippen molar-refractivity contribution in [1.29, 1.82) is 0 Å². The Bertz CT molecular complexity index is 636. The van der Waals surface area contributed by atoms with Gasteiger partial charge >= 0.3 is 11.9 Å². The van der Waals surface area contributed by atoms with E-state index in [1.54, 1.807) is 31.2 Å². The Balaban J connectivity index is 2.10. The third-order valence-corrected chi connectivity index (χ3v) is 2.30. The number of ether oxygens (including phenoxy) is 3. The van der Waals surface area contributed by atoms with Gasteiger partial charge in [0.1, 0.15) is 11.5 Å². The summed E-state index contributed by atoms with van der Waals surface area (Å²) in [7, 11) is 0. The van der Waals surface area contributed by atoms with E-state index < -0.39 is 11.9 Å². The Hall–Kier alpha value is -2.90. The number of benzene rings is 1. The Morgan fingerprint density at radius 1 is 1.19 bits per heavy atom. The topological polar surface area (TPSA) is 103 Å². The van der Waals surface area contributed by atoms with Gasteiger partial charge < -0.3 is 14.2 Å². The highest BCUT2D eigenvalue weighted by atomic mass is 16.5. The maximum Gasteiger partial charge on any atom is 0.362 e. The lowest BCUT2D eigenvalue weighted by Crippen LogP contribution is -2.06. The zero-order valence-corrected chi connectivity index (χ0v) is 11.5. The molecule has 21 heavy (non-hydrogen) atoms. The molecule has 1 aromatic heterocycles. The van der Waals surface area contributed by atoms with Crippen LogP contribution in [0.15, 0.2) is 24.3 Å². The zero-order chi connectivity index (χ0) is 15.2. The third kappa shape index (κ3) is 3.78. The average molecular weight is 291 g/mol. The number of aromatic amines is 1. The van der Waals surface area contributed by atoms with Crippen LogP contribution in [0, 0.1) is 0 Å². The van der Waals surface area contributed by atoms with Gasteiger partial charge in [-0.1, -0.05) is 10.3 Å². The van der Waals surface area contributed by atoms with Gasteiger partial charge in [-0.25, -0.2) is 9.89 Å². The highest BCUT2D eigenvalue weighted by Crippen LogP contribution is 2.24. The number of rotatable bonds is 5. The number of esters is 2. The number of carbonyl (C=O) groups is 2. The zero-order valence-electron chi connectivity index (χ0n) is 11.5. The van der Waals surface area contributed by atoms with E-state index in [1.807, 2.05) is 0 Å². The molecule has 110 valence electrons. The molecular weight excluding hydrogens is 278 g/mol. The van der Waals surface area contributed by atoms with E-state index in [2.05, 4.69) is 15.4 Å². The van der Waals surface area contributed by atoms with Crippen molar-refractivity contribution in [3.63, 3.8) is 0 Å². The summed E-state index contributed by atoms with van der Waals surface area (Å²) < 4.78 is 15.2. The lowest BCUT2D eigenvalue weighted by atomic mass is 10.3. The van der Waals surface area contributed by atoms with E-state index in [9.17, 15) is 9.59 Å². The van der Waals surface area contributed by atoms with Crippen LogP contribution in [0.5, 0.6) is 17.4 Å². The van der Waals surface area contributed by atoms with Crippen LogP contribution in [0.25, 0.3) is 0 Å². The minimum Gasteiger partial charge on any atom is -0.461 e. The van der Waals surface area contributed by atoms with Crippen LogP contribution >= 0.6 is 0 Å². The first-order valence-corrected chi connectivity index (χ1v) is 6.14. The molecule has 1 heterocycles. The second-order valence-electron chi connectivity index (χ2n) is 3.88. The van der Waals surface area contributed by atoms with Gasteiger partial charge in [0.05, 0.1) is 6.61 Å². The molecule has 1 N–H and O–H groups in total. The summed E-state index contributed by atoms with van der Waals surface area (Å²) in [6.45, 7) is 3.23. The molecule has 8 heteroatoms. The van der Waals surface area contributed by atoms with Crippen molar-refractivity contribution in [3.05, 3.63) is 30.0 Å². The van der Waals surface area contributed by atoms with Gasteiger partial charge in [-0.05, 0) is 31.2 Å². The molecule has 2 aromatic rings. The molecule has 8 nitrogen and oxygen atoms in total. The second-order valence-corrected chi connectivity index (χ2v) is 3.88. The summed E-state index contributed by atoms with van der Waals surface area (Å²) in [5, 5.41) is 9.60.